The first kappa shape index (κ1) is 29.4. The second-order valence-electron chi connectivity index (χ2n) is 10.9. The summed E-state index contributed by atoms with van der Waals surface area (Å²) >= 11 is 6.35. The van der Waals surface area contributed by atoms with Gasteiger partial charge < -0.3 is 15.1 Å². The summed E-state index contributed by atoms with van der Waals surface area (Å²) in [4.78, 5) is 28.7. The number of rotatable bonds is 10. The van der Waals surface area contributed by atoms with E-state index in [1.807, 2.05) is 48.6 Å². The summed E-state index contributed by atoms with van der Waals surface area (Å²) in [5.74, 6) is -1.02. The van der Waals surface area contributed by atoms with Crippen molar-refractivity contribution in [2.75, 3.05) is 11.5 Å². The Morgan fingerprint density at radius 2 is 1.91 bits per heavy atom. The third-order valence-electron chi connectivity index (χ3n) is 7.99. The quantitative estimate of drug-likeness (QED) is 0.227. The number of halogens is 1. The van der Waals surface area contributed by atoms with Crippen molar-refractivity contribution in [1.82, 2.24) is 24.8 Å². The van der Waals surface area contributed by atoms with Gasteiger partial charge in [-0.1, -0.05) is 66.2 Å². The van der Waals surface area contributed by atoms with E-state index in [9.17, 15) is 14.7 Å². The molecule has 1 amide bonds. The Bertz CT molecular complexity index is 1940. The zero-order chi connectivity index (χ0) is 30.8. The normalized spacial score (nSPS) is 17.1. The highest BCUT2D eigenvalue weighted by atomic mass is 35.5. The topological polar surface area (TPSA) is 126 Å². The molecule has 1 aliphatic rings. The van der Waals surface area contributed by atoms with Gasteiger partial charge in [0, 0.05) is 47.7 Å². The summed E-state index contributed by atoms with van der Waals surface area (Å²) in [7, 11) is 0. The Balaban J connectivity index is 1.24. The lowest BCUT2D eigenvalue weighted by Gasteiger charge is -2.27. The van der Waals surface area contributed by atoms with Crippen LogP contribution in [0, 0.1) is 5.92 Å². The summed E-state index contributed by atoms with van der Waals surface area (Å²) in [6.07, 6.45) is 8.24. The summed E-state index contributed by atoms with van der Waals surface area (Å²) in [5.41, 5.74) is 1.01. The molecule has 44 heavy (non-hydrogen) atoms. The van der Waals surface area contributed by atoms with E-state index in [0.717, 1.165) is 16.6 Å². The number of aromatic nitrogens is 5. The van der Waals surface area contributed by atoms with Gasteiger partial charge in [0.1, 0.15) is 0 Å². The molecule has 0 aliphatic carbocycles. The molecule has 0 spiro atoms. The second-order valence-corrected chi connectivity index (χ2v) is 11.3. The van der Waals surface area contributed by atoms with Crippen LogP contribution >= 0.6 is 11.6 Å². The highest BCUT2D eigenvalue weighted by Crippen LogP contribution is 2.46. The fourth-order valence-corrected chi connectivity index (χ4v) is 5.82. The zero-order valence-corrected chi connectivity index (χ0v) is 24.8. The molecule has 10 nitrogen and oxygen atoms in total. The van der Waals surface area contributed by atoms with Crippen LogP contribution in [0.2, 0.25) is 5.02 Å². The SMILES string of the molecule is C[C@@H](/C=C/CCn1cc(CCO)nn1)[C@]1(O)C(=O)N(Cc2cccc(-n3ncc4ccccc4c3=O)c2)c2ccc(Cl)cc21. The smallest absolute Gasteiger partial charge is 0.279 e. The highest BCUT2D eigenvalue weighted by Gasteiger charge is 2.52. The lowest BCUT2D eigenvalue weighted by Crippen LogP contribution is -2.44. The number of aryl methyl sites for hydroxylation is 1. The molecule has 224 valence electrons. The predicted molar refractivity (Wildman–Crippen MR) is 168 cm³/mol. The minimum atomic E-state index is -1.83. The van der Waals surface area contributed by atoms with Crippen LogP contribution in [0.3, 0.4) is 0 Å². The fraction of sp³-hybridized carbons (Fsp3) is 0.242. The van der Waals surface area contributed by atoms with Gasteiger partial charge in [-0.2, -0.15) is 9.78 Å². The van der Waals surface area contributed by atoms with E-state index in [2.05, 4.69) is 15.4 Å². The van der Waals surface area contributed by atoms with Crippen LogP contribution < -0.4 is 10.5 Å². The van der Waals surface area contributed by atoms with Crippen molar-refractivity contribution < 1.29 is 15.0 Å². The molecule has 0 fully saturated rings. The van der Waals surface area contributed by atoms with E-state index in [-0.39, 0.29) is 18.7 Å². The number of amides is 1. The molecule has 6 rings (SSSR count). The molecule has 2 aromatic heterocycles. The maximum atomic E-state index is 14.0. The standard InChI is InChI=1S/C33H31ClN6O4/c1-22(7-4-5-15-38-21-26(14-16-41)36-37-38)33(44)29-18-25(34)12-13-30(29)39(32(33)43)20-23-8-6-10-27(17-23)40-31(42)28-11-3-2-9-24(28)19-35-40/h2-4,6-13,17-19,21-22,41,44H,5,14-16,20H2,1H3/b7-4+/t22-,33+/m0/s1. The Kier molecular flexibility index (Phi) is 8.13. The summed E-state index contributed by atoms with van der Waals surface area (Å²) in [6, 6.07) is 19.7. The number of hydrogen-bond acceptors (Lipinski definition) is 7. The van der Waals surface area contributed by atoms with Gasteiger partial charge in [-0.15, -0.1) is 5.10 Å². The Labute approximate surface area is 258 Å². The van der Waals surface area contributed by atoms with E-state index in [1.165, 1.54) is 4.68 Å². The van der Waals surface area contributed by atoms with Gasteiger partial charge >= 0.3 is 0 Å². The van der Waals surface area contributed by atoms with Crippen molar-refractivity contribution in [1.29, 1.82) is 0 Å². The van der Waals surface area contributed by atoms with Crippen LogP contribution in [0.4, 0.5) is 5.69 Å². The number of benzene rings is 3. The van der Waals surface area contributed by atoms with Crippen molar-refractivity contribution >= 4 is 34.0 Å². The van der Waals surface area contributed by atoms with Gasteiger partial charge in [0.25, 0.3) is 11.5 Å². The van der Waals surface area contributed by atoms with E-state index in [1.54, 1.807) is 59.2 Å². The van der Waals surface area contributed by atoms with Crippen molar-refractivity contribution in [3.8, 4) is 5.69 Å². The van der Waals surface area contributed by atoms with E-state index in [0.29, 0.717) is 46.7 Å². The van der Waals surface area contributed by atoms with Crippen LogP contribution in [-0.4, -0.2) is 47.5 Å². The van der Waals surface area contributed by atoms with E-state index in [4.69, 9.17) is 16.7 Å². The first-order valence-corrected chi connectivity index (χ1v) is 14.7. The second kappa shape index (κ2) is 12.2. The largest absolute Gasteiger partial charge is 0.396 e. The number of carbonyl (C=O) groups is 1. The number of aliphatic hydroxyl groups excluding tert-OH is 1. The first-order chi connectivity index (χ1) is 21.3. The van der Waals surface area contributed by atoms with Gasteiger partial charge in [-0.3, -0.25) is 14.3 Å². The minimum Gasteiger partial charge on any atom is -0.396 e. The number of anilines is 1. The molecule has 0 saturated heterocycles. The predicted octanol–water partition coefficient (Wildman–Crippen LogP) is 4.18. The maximum Gasteiger partial charge on any atom is 0.279 e. The Morgan fingerprint density at radius 3 is 2.75 bits per heavy atom. The molecule has 0 saturated carbocycles. The minimum absolute atomic E-state index is 0.0123. The van der Waals surface area contributed by atoms with Crippen LogP contribution in [-0.2, 0) is 29.9 Å². The molecule has 0 bridgehead atoms. The number of fused-ring (bicyclic) bond motifs is 2. The van der Waals surface area contributed by atoms with Crippen LogP contribution in [0.15, 0.2) is 96.1 Å². The molecular formula is C33H31ClN6O4. The lowest BCUT2D eigenvalue weighted by atomic mass is 9.83. The van der Waals surface area contributed by atoms with Crippen molar-refractivity contribution in [2.24, 2.45) is 5.92 Å². The number of nitrogens with zero attached hydrogens (tertiary/aromatic N) is 6. The first-order valence-electron chi connectivity index (χ1n) is 14.4. The van der Waals surface area contributed by atoms with Crippen molar-refractivity contribution in [2.45, 2.75) is 38.5 Å². The highest BCUT2D eigenvalue weighted by molar-refractivity contribution is 6.31. The van der Waals surface area contributed by atoms with Crippen molar-refractivity contribution in [3.63, 3.8) is 0 Å². The molecule has 0 radical (unpaired) electrons. The average molecular weight is 611 g/mol. The molecule has 0 unspecified atom stereocenters. The van der Waals surface area contributed by atoms with Gasteiger partial charge in [0.2, 0.25) is 0 Å². The third-order valence-corrected chi connectivity index (χ3v) is 8.22. The monoisotopic (exact) mass is 610 g/mol. The summed E-state index contributed by atoms with van der Waals surface area (Å²) < 4.78 is 3.04. The van der Waals surface area contributed by atoms with Crippen LogP contribution in [0.1, 0.15) is 30.2 Å². The number of hydrogen-bond donors (Lipinski definition) is 2. The molecule has 2 atom stereocenters. The number of aliphatic hydroxyl groups is 2. The van der Waals surface area contributed by atoms with Crippen molar-refractivity contribution in [3.05, 3.63) is 123 Å². The van der Waals surface area contributed by atoms with Crippen LogP contribution in [0.25, 0.3) is 16.5 Å². The molecule has 3 aromatic carbocycles. The van der Waals surface area contributed by atoms with E-state index >= 15 is 0 Å². The number of carbonyl (C=O) groups excluding carboxylic acids is 1. The lowest BCUT2D eigenvalue weighted by molar-refractivity contribution is -0.139. The molecule has 1 aliphatic heterocycles. The Hall–Kier alpha value is -4.64. The number of allylic oxidation sites excluding steroid dienone is 1. The zero-order valence-electron chi connectivity index (χ0n) is 24.0. The molecule has 11 heteroatoms. The summed E-state index contributed by atoms with van der Waals surface area (Å²) in [6.45, 7) is 2.55. The third kappa shape index (κ3) is 5.43. The molecule has 5 aromatic rings. The van der Waals surface area contributed by atoms with Gasteiger partial charge in [-0.05, 0) is 48.4 Å². The van der Waals surface area contributed by atoms with Crippen LogP contribution in [0.5, 0.6) is 0 Å². The van der Waals surface area contributed by atoms with Gasteiger partial charge in [0.15, 0.2) is 5.60 Å². The molecular weight excluding hydrogens is 580 g/mol. The molecule has 2 N–H and O–H groups in total. The average Bonchev–Trinajstić information content (AvgIpc) is 3.56. The molecule has 3 heterocycles. The van der Waals surface area contributed by atoms with E-state index < -0.39 is 17.4 Å². The summed E-state index contributed by atoms with van der Waals surface area (Å²) in [5, 5.41) is 35.3. The van der Waals surface area contributed by atoms with Gasteiger partial charge in [0.05, 0.1) is 35.2 Å². The van der Waals surface area contributed by atoms with Gasteiger partial charge in [-0.25, -0.2) is 0 Å². The Morgan fingerprint density at radius 1 is 1.07 bits per heavy atom. The maximum absolute atomic E-state index is 14.0. The fourth-order valence-electron chi connectivity index (χ4n) is 5.64.